The molecule has 9 nitrogen and oxygen atoms in total. The molecule has 4 rings (SSSR count). The molecule has 1 aliphatic heterocycles. The van der Waals surface area contributed by atoms with E-state index in [9.17, 15) is 36.3 Å². The highest BCUT2D eigenvalue weighted by molar-refractivity contribution is 7.18. The monoisotopic (exact) mass is 624 g/mol. The van der Waals surface area contributed by atoms with Crippen LogP contribution in [0.1, 0.15) is 28.9 Å². The molecule has 1 aromatic heterocycles. The summed E-state index contributed by atoms with van der Waals surface area (Å²) in [5.74, 6) is -2.42. The number of alkyl halides is 5. The van der Waals surface area contributed by atoms with Gasteiger partial charge in [-0.05, 0) is 37.1 Å². The summed E-state index contributed by atoms with van der Waals surface area (Å²) in [6, 6.07) is 4.59. The number of ether oxygens (including phenoxy) is 2. The van der Waals surface area contributed by atoms with Gasteiger partial charge in [-0.15, -0.1) is 11.3 Å². The van der Waals surface area contributed by atoms with Crippen molar-refractivity contribution in [2.75, 3.05) is 43.1 Å². The van der Waals surface area contributed by atoms with Gasteiger partial charge in [0.1, 0.15) is 12.6 Å². The van der Waals surface area contributed by atoms with E-state index in [1.807, 2.05) is 0 Å². The zero-order valence-electron chi connectivity index (χ0n) is 21.4. The zero-order chi connectivity index (χ0) is 29.7. The number of benzene rings is 1. The largest absolute Gasteiger partial charge is 0.433 e. The third-order valence-electron chi connectivity index (χ3n) is 6.58. The number of rotatable bonds is 11. The molecular weight excluding hydrogens is 599 g/mol. The summed E-state index contributed by atoms with van der Waals surface area (Å²) in [7, 11) is 0. The van der Waals surface area contributed by atoms with Crippen molar-refractivity contribution in [3.63, 3.8) is 0 Å². The Bertz CT molecular complexity index is 1260. The van der Waals surface area contributed by atoms with Gasteiger partial charge in [-0.2, -0.15) is 22.0 Å². The van der Waals surface area contributed by atoms with E-state index in [0.717, 1.165) is 22.3 Å². The van der Waals surface area contributed by atoms with Gasteiger partial charge in [-0.3, -0.25) is 19.3 Å². The second kappa shape index (κ2) is 13.3. The van der Waals surface area contributed by atoms with Crippen molar-refractivity contribution in [1.29, 1.82) is 0 Å². The van der Waals surface area contributed by atoms with E-state index in [1.165, 1.54) is 29.2 Å². The standard InChI is InChI=1S/C25H26ClF5N4O5S/c26-20-7-6-19(41-20)23(38)32-11-17(35(13-25(29,30)31)15-2-1-3-15)22(37)33-14-4-5-16(18(10-14)40-24(27)28)34-8-9-39-12-21(34)36/h4-7,10,15,17,24H,1-3,8-9,11-13H2,(H,32,38)(H,33,37)/t17-/m1/s1. The van der Waals surface area contributed by atoms with Crippen molar-refractivity contribution in [3.05, 3.63) is 39.5 Å². The molecule has 3 amide bonds. The Morgan fingerprint density at radius 2 is 1.98 bits per heavy atom. The maximum atomic E-state index is 13.6. The van der Waals surface area contributed by atoms with Crippen LogP contribution in [0.4, 0.5) is 33.3 Å². The number of nitrogens with one attached hydrogen (secondary N) is 2. The highest BCUT2D eigenvalue weighted by Crippen LogP contribution is 2.35. The second-order valence-electron chi connectivity index (χ2n) is 9.35. The number of carbonyl (C=O) groups excluding carboxylic acids is 3. The van der Waals surface area contributed by atoms with E-state index < -0.39 is 61.4 Å². The van der Waals surface area contributed by atoms with Gasteiger partial charge in [-0.1, -0.05) is 18.0 Å². The molecule has 2 aromatic rings. The molecule has 2 fully saturated rings. The van der Waals surface area contributed by atoms with E-state index in [-0.39, 0.29) is 36.0 Å². The summed E-state index contributed by atoms with van der Waals surface area (Å²) in [5.41, 5.74) is -0.0415. The van der Waals surface area contributed by atoms with Crippen molar-refractivity contribution < 1.29 is 45.8 Å². The Morgan fingerprint density at radius 3 is 2.56 bits per heavy atom. The molecule has 1 aromatic carbocycles. The van der Waals surface area contributed by atoms with Crippen LogP contribution in [0.15, 0.2) is 30.3 Å². The van der Waals surface area contributed by atoms with Gasteiger partial charge in [0.05, 0.1) is 28.1 Å². The van der Waals surface area contributed by atoms with Gasteiger partial charge in [0, 0.05) is 30.9 Å². The van der Waals surface area contributed by atoms with Crippen LogP contribution in [0.5, 0.6) is 5.75 Å². The Balaban J connectivity index is 1.59. The van der Waals surface area contributed by atoms with E-state index in [1.54, 1.807) is 0 Å². The topological polar surface area (TPSA) is 100 Å². The highest BCUT2D eigenvalue weighted by Gasteiger charge is 2.42. The van der Waals surface area contributed by atoms with Crippen molar-refractivity contribution in [3.8, 4) is 5.75 Å². The van der Waals surface area contributed by atoms with Gasteiger partial charge < -0.3 is 25.0 Å². The molecule has 1 saturated heterocycles. The fourth-order valence-electron chi connectivity index (χ4n) is 4.50. The molecule has 2 N–H and O–H groups in total. The number of carbonyl (C=O) groups is 3. The van der Waals surface area contributed by atoms with Gasteiger partial charge in [-0.25, -0.2) is 0 Å². The van der Waals surface area contributed by atoms with Crippen LogP contribution >= 0.6 is 22.9 Å². The fourth-order valence-corrected chi connectivity index (χ4v) is 5.46. The number of morpholine rings is 1. The first kappa shape index (κ1) is 30.9. The predicted molar refractivity (Wildman–Crippen MR) is 141 cm³/mol. The van der Waals surface area contributed by atoms with Crippen LogP contribution in [0, 0.1) is 0 Å². The number of thiophene rings is 1. The third-order valence-corrected chi connectivity index (χ3v) is 7.81. The first-order valence-corrected chi connectivity index (χ1v) is 13.7. The number of nitrogens with zero attached hydrogens (tertiary/aromatic N) is 2. The first-order chi connectivity index (χ1) is 19.4. The van der Waals surface area contributed by atoms with Gasteiger partial charge in [0.25, 0.3) is 11.8 Å². The summed E-state index contributed by atoms with van der Waals surface area (Å²) in [5, 5.41) is 4.97. The SMILES string of the molecule is O=C(NC[C@H](C(=O)Nc1ccc(N2CCOCC2=O)c(OC(F)F)c1)N(CC(F)(F)F)C1CCC1)c1ccc(Cl)s1. The van der Waals surface area contributed by atoms with Crippen molar-refractivity contribution in [2.45, 2.75) is 44.1 Å². The molecule has 16 heteroatoms. The summed E-state index contributed by atoms with van der Waals surface area (Å²) in [6.45, 7) is -5.13. The van der Waals surface area contributed by atoms with E-state index in [4.69, 9.17) is 16.3 Å². The van der Waals surface area contributed by atoms with Crippen LogP contribution in [0.3, 0.4) is 0 Å². The summed E-state index contributed by atoms with van der Waals surface area (Å²) >= 11 is 6.83. The normalized spacial score (nSPS) is 17.0. The summed E-state index contributed by atoms with van der Waals surface area (Å²) in [4.78, 5) is 40.7. The minimum Gasteiger partial charge on any atom is -0.433 e. The van der Waals surface area contributed by atoms with Gasteiger partial charge >= 0.3 is 12.8 Å². The van der Waals surface area contributed by atoms with Crippen LogP contribution < -0.4 is 20.3 Å². The highest BCUT2D eigenvalue weighted by atomic mass is 35.5. The van der Waals surface area contributed by atoms with Crippen LogP contribution in [0.25, 0.3) is 0 Å². The lowest BCUT2D eigenvalue weighted by atomic mass is 9.90. The van der Waals surface area contributed by atoms with E-state index in [2.05, 4.69) is 15.4 Å². The summed E-state index contributed by atoms with van der Waals surface area (Å²) in [6.07, 6.45) is -3.08. The minimum absolute atomic E-state index is 0.0168. The molecule has 224 valence electrons. The molecule has 1 aliphatic carbocycles. The maximum absolute atomic E-state index is 13.6. The third kappa shape index (κ3) is 8.27. The average Bonchev–Trinajstić information content (AvgIpc) is 3.29. The van der Waals surface area contributed by atoms with E-state index in [0.29, 0.717) is 23.6 Å². The molecule has 0 spiro atoms. The number of anilines is 2. The van der Waals surface area contributed by atoms with Crippen molar-refractivity contribution in [2.24, 2.45) is 0 Å². The Morgan fingerprint density at radius 1 is 1.22 bits per heavy atom. The molecule has 0 bridgehead atoms. The van der Waals surface area contributed by atoms with Crippen molar-refractivity contribution >= 4 is 52.0 Å². The molecule has 2 aliphatic rings. The lowest BCUT2D eigenvalue weighted by Gasteiger charge is -2.42. The number of halogens is 6. The van der Waals surface area contributed by atoms with Gasteiger partial charge in [0.2, 0.25) is 5.91 Å². The lowest BCUT2D eigenvalue weighted by Crippen LogP contribution is -2.58. The minimum atomic E-state index is -4.63. The molecule has 0 unspecified atom stereocenters. The molecular formula is C25H26ClF5N4O5S. The van der Waals surface area contributed by atoms with Gasteiger partial charge in [0.15, 0.2) is 5.75 Å². The number of hydrogen-bond acceptors (Lipinski definition) is 7. The lowest BCUT2D eigenvalue weighted by molar-refractivity contribution is -0.163. The van der Waals surface area contributed by atoms with Crippen LogP contribution in [0.2, 0.25) is 4.34 Å². The first-order valence-electron chi connectivity index (χ1n) is 12.5. The Labute approximate surface area is 240 Å². The maximum Gasteiger partial charge on any atom is 0.401 e. The number of amides is 3. The fraction of sp³-hybridized carbons (Fsp3) is 0.480. The quantitative estimate of drug-likeness (QED) is 0.357. The van der Waals surface area contributed by atoms with Crippen LogP contribution in [-0.4, -0.2) is 80.3 Å². The Hall–Kier alpha value is -3.01. The summed E-state index contributed by atoms with van der Waals surface area (Å²) < 4.78 is 77.1. The predicted octanol–water partition coefficient (Wildman–Crippen LogP) is 4.52. The molecule has 41 heavy (non-hydrogen) atoms. The number of hydrogen-bond donors (Lipinski definition) is 2. The molecule has 1 atom stereocenters. The van der Waals surface area contributed by atoms with Crippen molar-refractivity contribution in [1.82, 2.24) is 10.2 Å². The zero-order valence-corrected chi connectivity index (χ0v) is 23.0. The Kier molecular flexibility index (Phi) is 10.0. The molecule has 0 radical (unpaired) electrons. The van der Waals surface area contributed by atoms with E-state index >= 15 is 0 Å². The second-order valence-corrected chi connectivity index (χ2v) is 11.1. The molecule has 1 saturated carbocycles. The smallest absolute Gasteiger partial charge is 0.401 e. The average molecular weight is 625 g/mol. The molecule has 2 heterocycles. The van der Waals surface area contributed by atoms with Crippen LogP contribution in [-0.2, 0) is 14.3 Å².